The molecule has 1 aromatic carbocycles. The molecule has 1 saturated heterocycles. The van der Waals surface area contributed by atoms with Crippen molar-refractivity contribution in [3.8, 4) is 0 Å². The van der Waals surface area contributed by atoms with Crippen molar-refractivity contribution in [2.24, 2.45) is 0 Å². The van der Waals surface area contributed by atoms with Crippen LogP contribution in [-0.4, -0.2) is 45.1 Å². The number of sulfonamides is 1. The van der Waals surface area contributed by atoms with Crippen LogP contribution >= 0.6 is 11.6 Å². The molecule has 0 bridgehead atoms. The fraction of sp³-hybridized carbons (Fsp3) is 0.353. The van der Waals surface area contributed by atoms with Crippen molar-refractivity contribution in [3.63, 3.8) is 0 Å². The van der Waals surface area contributed by atoms with E-state index in [9.17, 15) is 13.2 Å². The lowest BCUT2D eigenvalue weighted by molar-refractivity contribution is 0.0600. The Hall–Kier alpha value is -1.87. The number of benzene rings is 1. The van der Waals surface area contributed by atoms with E-state index in [0.29, 0.717) is 30.4 Å². The first-order valence-electron chi connectivity index (χ1n) is 8.14. The second-order valence-corrected chi connectivity index (χ2v) is 8.40. The fourth-order valence-electron chi connectivity index (χ4n) is 2.89. The summed E-state index contributed by atoms with van der Waals surface area (Å²) in [7, 11) is -3.33. The van der Waals surface area contributed by atoms with Crippen LogP contribution in [0.25, 0.3) is 0 Å². The number of nitrogens with one attached hydrogen (secondary N) is 2. The highest BCUT2D eigenvalue weighted by Crippen LogP contribution is 2.26. The summed E-state index contributed by atoms with van der Waals surface area (Å²) in [6.07, 6.45) is 1.07. The van der Waals surface area contributed by atoms with E-state index >= 15 is 0 Å². The average Bonchev–Trinajstić information content (AvgIpc) is 3.08. The number of rotatable bonds is 5. The molecule has 3 rings (SSSR count). The second kappa shape index (κ2) is 7.79. The normalized spacial score (nSPS) is 18.1. The van der Waals surface area contributed by atoms with Crippen molar-refractivity contribution >= 4 is 27.5 Å². The third-order valence-electron chi connectivity index (χ3n) is 4.12. The van der Waals surface area contributed by atoms with Gasteiger partial charge in [0.1, 0.15) is 5.76 Å². The van der Waals surface area contributed by atoms with E-state index in [4.69, 9.17) is 16.0 Å². The third-order valence-corrected chi connectivity index (χ3v) is 5.02. The molecule has 1 aliphatic rings. The molecule has 7 nitrogen and oxygen atoms in total. The van der Waals surface area contributed by atoms with Crippen molar-refractivity contribution in [2.45, 2.75) is 12.6 Å². The van der Waals surface area contributed by atoms with Crippen LogP contribution in [-0.2, 0) is 16.6 Å². The highest BCUT2D eigenvalue weighted by atomic mass is 35.5. The number of piperazine rings is 1. The van der Waals surface area contributed by atoms with Gasteiger partial charge in [-0.25, -0.2) is 13.1 Å². The van der Waals surface area contributed by atoms with Gasteiger partial charge in [0, 0.05) is 24.7 Å². The van der Waals surface area contributed by atoms with E-state index in [1.54, 1.807) is 23.1 Å². The maximum Gasteiger partial charge on any atom is 0.290 e. The highest BCUT2D eigenvalue weighted by molar-refractivity contribution is 7.88. The topological polar surface area (TPSA) is 91.7 Å². The molecule has 9 heteroatoms. The quantitative estimate of drug-likeness (QED) is 0.802. The fourth-order valence-corrected chi connectivity index (χ4v) is 3.49. The Morgan fingerprint density at radius 2 is 2.19 bits per heavy atom. The minimum atomic E-state index is -3.33. The van der Waals surface area contributed by atoms with Gasteiger partial charge in [0.15, 0.2) is 5.76 Å². The van der Waals surface area contributed by atoms with Gasteiger partial charge in [-0.3, -0.25) is 4.79 Å². The van der Waals surface area contributed by atoms with Gasteiger partial charge in [0.2, 0.25) is 10.0 Å². The van der Waals surface area contributed by atoms with E-state index in [0.717, 1.165) is 11.8 Å². The lowest BCUT2D eigenvalue weighted by Gasteiger charge is -2.36. The zero-order valence-corrected chi connectivity index (χ0v) is 15.8. The van der Waals surface area contributed by atoms with E-state index in [1.807, 2.05) is 18.2 Å². The van der Waals surface area contributed by atoms with Crippen molar-refractivity contribution in [2.75, 3.05) is 25.9 Å². The van der Waals surface area contributed by atoms with Gasteiger partial charge in [-0.2, -0.15) is 0 Å². The molecule has 0 spiro atoms. The molecule has 0 saturated carbocycles. The number of hydrogen-bond acceptors (Lipinski definition) is 5. The zero-order chi connectivity index (χ0) is 18.7. The number of nitrogens with zero attached hydrogens (tertiary/aromatic N) is 1. The van der Waals surface area contributed by atoms with Crippen molar-refractivity contribution in [1.82, 2.24) is 14.9 Å². The van der Waals surface area contributed by atoms with Crippen LogP contribution in [0.2, 0.25) is 5.02 Å². The van der Waals surface area contributed by atoms with E-state index in [2.05, 4.69) is 10.0 Å². The first-order chi connectivity index (χ1) is 12.3. The minimum absolute atomic E-state index is 0.00535. The molecule has 26 heavy (non-hydrogen) atoms. The third kappa shape index (κ3) is 4.64. The van der Waals surface area contributed by atoms with Gasteiger partial charge in [-0.15, -0.1) is 0 Å². The van der Waals surface area contributed by atoms with Gasteiger partial charge in [0.25, 0.3) is 5.91 Å². The Bertz CT molecular complexity index is 897. The smallest absolute Gasteiger partial charge is 0.290 e. The number of furan rings is 1. The Balaban J connectivity index is 1.78. The van der Waals surface area contributed by atoms with Gasteiger partial charge in [-0.1, -0.05) is 23.7 Å². The van der Waals surface area contributed by atoms with Gasteiger partial charge >= 0.3 is 0 Å². The molecule has 2 N–H and O–H groups in total. The van der Waals surface area contributed by atoms with Gasteiger partial charge < -0.3 is 14.6 Å². The molecule has 1 atom stereocenters. The molecule has 140 valence electrons. The maximum atomic E-state index is 12.9. The molecule has 2 aromatic rings. The van der Waals surface area contributed by atoms with E-state index < -0.39 is 10.0 Å². The van der Waals surface area contributed by atoms with Crippen LogP contribution in [0, 0.1) is 0 Å². The summed E-state index contributed by atoms with van der Waals surface area (Å²) >= 11 is 6.08. The largest absolute Gasteiger partial charge is 0.455 e. The predicted molar refractivity (Wildman–Crippen MR) is 98.5 cm³/mol. The summed E-state index contributed by atoms with van der Waals surface area (Å²) in [5, 5.41) is 3.91. The summed E-state index contributed by atoms with van der Waals surface area (Å²) in [4.78, 5) is 14.7. The second-order valence-electron chi connectivity index (χ2n) is 6.13. The molecule has 0 radical (unpaired) electrons. The Morgan fingerprint density at radius 1 is 1.38 bits per heavy atom. The first kappa shape index (κ1) is 18.9. The van der Waals surface area contributed by atoms with Gasteiger partial charge in [-0.05, 0) is 29.8 Å². The lowest BCUT2D eigenvalue weighted by atomic mass is 10.0. The average molecular weight is 398 g/mol. The number of carbonyl (C=O) groups excluding carboxylic acids is 1. The highest BCUT2D eigenvalue weighted by Gasteiger charge is 2.30. The summed E-state index contributed by atoms with van der Waals surface area (Å²) in [6, 6.07) is 10.5. The molecule has 1 fully saturated rings. The van der Waals surface area contributed by atoms with E-state index in [-0.39, 0.29) is 24.3 Å². The van der Waals surface area contributed by atoms with Gasteiger partial charge in [0.05, 0.1) is 18.8 Å². The molecule has 1 aliphatic heterocycles. The van der Waals surface area contributed by atoms with Crippen LogP contribution in [0.4, 0.5) is 0 Å². The van der Waals surface area contributed by atoms with Crippen LogP contribution in [0.3, 0.4) is 0 Å². The Kier molecular flexibility index (Phi) is 5.67. The molecular formula is C17H20ClN3O4S. The summed E-state index contributed by atoms with van der Waals surface area (Å²) in [6.45, 7) is 1.85. The Morgan fingerprint density at radius 3 is 2.92 bits per heavy atom. The molecule has 2 heterocycles. The number of amides is 1. The Labute approximate surface area is 157 Å². The maximum absolute atomic E-state index is 12.9. The van der Waals surface area contributed by atoms with Crippen LogP contribution in [0.5, 0.6) is 0 Å². The molecule has 1 amide bonds. The van der Waals surface area contributed by atoms with Crippen LogP contribution < -0.4 is 10.0 Å². The number of carbonyl (C=O) groups is 1. The van der Waals surface area contributed by atoms with Crippen molar-refractivity contribution in [3.05, 3.63) is 58.5 Å². The standard InChI is InChI=1S/C17H20ClN3O4S/c1-26(23,24)20-10-14-5-6-16(25-14)17(22)21-8-7-19-11-15(21)12-3-2-4-13(18)9-12/h2-6,9,15,19-20H,7-8,10-11H2,1H3. The minimum Gasteiger partial charge on any atom is -0.455 e. The molecular weight excluding hydrogens is 378 g/mol. The SMILES string of the molecule is CS(=O)(=O)NCc1ccc(C(=O)N2CCNCC2c2cccc(Cl)c2)o1. The van der Waals surface area contributed by atoms with Crippen LogP contribution in [0.1, 0.15) is 27.9 Å². The summed E-state index contributed by atoms with van der Waals surface area (Å²) in [5.41, 5.74) is 0.948. The number of hydrogen-bond donors (Lipinski definition) is 2. The van der Waals surface area contributed by atoms with Crippen molar-refractivity contribution in [1.29, 1.82) is 0 Å². The first-order valence-corrected chi connectivity index (χ1v) is 10.4. The van der Waals surface area contributed by atoms with Crippen molar-refractivity contribution < 1.29 is 17.6 Å². The molecule has 1 aromatic heterocycles. The monoisotopic (exact) mass is 397 g/mol. The van der Waals surface area contributed by atoms with E-state index in [1.165, 1.54) is 0 Å². The zero-order valence-electron chi connectivity index (χ0n) is 14.2. The molecule has 0 aliphatic carbocycles. The van der Waals surface area contributed by atoms with Crippen LogP contribution in [0.15, 0.2) is 40.8 Å². The lowest BCUT2D eigenvalue weighted by Crippen LogP contribution is -2.48. The molecule has 1 unspecified atom stereocenters. The summed E-state index contributed by atoms with van der Waals surface area (Å²) < 4.78 is 30.2. The number of halogens is 1. The summed E-state index contributed by atoms with van der Waals surface area (Å²) in [5.74, 6) is 0.333. The predicted octanol–water partition coefficient (Wildman–Crippen LogP) is 1.77.